The van der Waals surface area contributed by atoms with E-state index in [4.69, 9.17) is 10.00 Å². The molecule has 0 aliphatic carbocycles. The Morgan fingerprint density at radius 1 is 1.27 bits per heavy atom. The summed E-state index contributed by atoms with van der Waals surface area (Å²) in [7, 11) is 0. The number of aryl methyl sites for hydroxylation is 1. The summed E-state index contributed by atoms with van der Waals surface area (Å²) in [5.74, 6) is 0.319. The van der Waals surface area contributed by atoms with Crippen LogP contribution in [0.25, 0.3) is 0 Å². The molecular weight excluding hydrogens is 344 g/mol. The van der Waals surface area contributed by atoms with E-state index in [0.29, 0.717) is 11.3 Å². The number of hydrogen-bond donors (Lipinski definition) is 1. The lowest BCUT2D eigenvalue weighted by Gasteiger charge is -2.15. The van der Waals surface area contributed by atoms with Crippen molar-refractivity contribution in [2.75, 3.05) is 5.32 Å². The van der Waals surface area contributed by atoms with Gasteiger partial charge in [0.15, 0.2) is 6.10 Å². The van der Waals surface area contributed by atoms with Gasteiger partial charge in [-0.05, 0) is 61.9 Å². The Morgan fingerprint density at radius 3 is 2.55 bits per heavy atom. The highest BCUT2D eigenvalue weighted by atomic mass is 79.9. The van der Waals surface area contributed by atoms with Crippen molar-refractivity contribution in [3.8, 4) is 11.8 Å². The molecule has 0 aromatic heterocycles. The second kappa shape index (κ2) is 7.10. The first-order valence-corrected chi connectivity index (χ1v) is 7.52. The number of nitriles is 1. The van der Waals surface area contributed by atoms with Crippen LogP contribution in [0.3, 0.4) is 0 Å². The van der Waals surface area contributed by atoms with Gasteiger partial charge in [-0.25, -0.2) is 0 Å². The predicted molar refractivity (Wildman–Crippen MR) is 88.8 cm³/mol. The van der Waals surface area contributed by atoms with Crippen LogP contribution in [0, 0.1) is 18.3 Å². The number of anilines is 1. The number of carbonyl (C=O) groups is 1. The highest BCUT2D eigenvalue weighted by molar-refractivity contribution is 9.10. The van der Waals surface area contributed by atoms with Crippen LogP contribution in [-0.4, -0.2) is 12.0 Å². The molecule has 0 aliphatic heterocycles. The summed E-state index contributed by atoms with van der Waals surface area (Å²) >= 11 is 3.42. The number of benzene rings is 2. The summed E-state index contributed by atoms with van der Waals surface area (Å²) in [6.45, 7) is 3.63. The summed E-state index contributed by atoms with van der Waals surface area (Å²) in [4.78, 5) is 12.1. The number of amides is 1. The lowest BCUT2D eigenvalue weighted by atomic mass is 10.2. The van der Waals surface area contributed by atoms with E-state index in [1.54, 1.807) is 31.2 Å². The van der Waals surface area contributed by atoms with Crippen LogP contribution in [-0.2, 0) is 4.79 Å². The Morgan fingerprint density at radius 2 is 1.95 bits per heavy atom. The number of halogens is 1. The van der Waals surface area contributed by atoms with Gasteiger partial charge in [-0.3, -0.25) is 4.79 Å². The SMILES string of the molecule is Cc1cc(NC(=O)[C@@H](C)Oc2ccc(C#N)cc2)ccc1Br. The molecule has 5 heteroatoms. The Bertz CT molecular complexity index is 720. The zero-order chi connectivity index (χ0) is 16.1. The second-order valence-corrected chi connectivity index (χ2v) is 5.70. The predicted octanol–water partition coefficient (Wildman–Crippen LogP) is 4.04. The zero-order valence-electron chi connectivity index (χ0n) is 12.3. The van der Waals surface area contributed by atoms with Gasteiger partial charge in [0, 0.05) is 10.2 Å². The highest BCUT2D eigenvalue weighted by Crippen LogP contribution is 2.20. The lowest BCUT2D eigenvalue weighted by Crippen LogP contribution is -2.30. The van der Waals surface area contributed by atoms with Crippen molar-refractivity contribution in [2.24, 2.45) is 0 Å². The van der Waals surface area contributed by atoms with Crippen molar-refractivity contribution < 1.29 is 9.53 Å². The number of nitrogens with zero attached hydrogens (tertiary/aromatic N) is 1. The van der Waals surface area contributed by atoms with E-state index in [9.17, 15) is 4.79 Å². The molecule has 2 aromatic carbocycles. The van der Waals surface area contributed by atoms with Gasteiger partial charge >= 0.3 is 0 Å². The second-order valence-electron chi connectivity index (χ2n) is 4.85. The maximum atomic E-state index is 12.1. The summed E-state index contributed by atoms with van der Waals surface area (Å²) < 4.78 is 6.56. The third-order valence-electron chi connectivity index (χ3n) is 3.09. The van der Waals surface area contributed by atoms with Gasteiger partial charge in [-0.15, -0.1) is 0 Å². The van der Waals surface area contributed by atoms with Crippen LogP contribution in [0.2, 0.25) is 0 Å². The maximum Gasteiger partial charge on any atom is 0.265 e. The summed E-state index contributed by atoms with van der Waals surface area (Å²) in [5, 5.41) is 11.6. The molecule has 0 fully saturated rings. The fourth-order valence-electron chi connectivity index (χ4n) is 1.83. The van der Waals surface area contributed by atoms with Gasteiger partial charge in [-0.2, -0.15) is 5.26 Å². The van der Waals surface area contributed by atoms with Crippen LogP contribution < -0.4 is 10.1 Å². The zero-order valence-corrected chi connectivity index (χ0v) is 13.8. The standard InChI is InChI=1S/C17H15BrN2O2/c1-11-9-14(5-8-16(11)18)20-17(21)12(2)22-15-6-3-13(10-19)4-7-15/h3-9,12H,1-2H3,(H,20,21)/t12-/m1/s1. The molecule has 0 unspecified atom stereocenters. The van der Waals surface area contributed by atoms with Gasteiger partial charge in [-0.1, -0.05) is 15.9 Å². The van der Waals surface area contributed by atoms with E-state index in [2.05, 4.69) is 21.2 Å². The first-order chi connectivity index (χ1) is 10.5. The van der Waals surface area contributed by atoms with E-state index in [1.807, 2.05) is 31.2 Å². The van der Waals surface area contributed by atoms with E-state index in [0.717, 1.165) is 15.7 Å². The van der Waals surface area contributed by atoms with Crippen LogP contribution in [0.4, 0.5) is 5.69 Å². The van der Waals surface area contributed by atoms with Crippen molar-refractivity contribution in [3.05, 3.63) is 58.1 Å². The molecule has 1 amide bonds. The average molecular weight is 359 g/mol. The molecule has 0 saturated heterocycles. The quantitative estimate of drug-likeness (QED) is 0.896. The van der Waals surface area contributed by atoms with Crippen molar-refractivity contribution in [1.29, 1.82) is 5.26 Å². The van der Waals surface area contributed by atoms with Crippen molar-refractivity contribution in [1.82, 2.24) is 0 Å². The molecule has 22 heavy (non-hydrogen) atoms. The lowest BCUT2D eigenvalue weighted by molar-refractivity contribution is -0.122. The molecule has 4 nitrogen and oxygen atoms in total. The molecule has 1 atom stereocenters. The molecule has 1 N–H and O–H groups in total. The van der Waals surface area contributed by atoms with Crippen LogP contribution in [0.15, 0.2) is 46.9 Å². The largest absolute Gasteiger partial charge is 0.481 e. The molecule has 0 saturated carbocycles. The number of carbonyl (C=O) groups excluding carboxylic acids is 1. The third kappa shape index (κ3) is 4.09. The minimum absolute atomic E-state index is 0.230. The molecule has 0 bridgehead atoms. The minimum atomic E-state index is -0.642. The van der Waals surface area contributed by atoms with Crippen molar-refractivity contribution >= 4 is 27.5 Å². The summed E-state index contributed by atoms with van der Waals surface area (Å²) in [5.41, 5.74) is 2.31. The molecule has 0 radical (unpaired) electrons. The minimum Gasteiger partial charge on any atom is -0.481 e. The third-order valence-corrected chi connectivity index (χ3v) is 3.98. The molecular formula is C17H15BrN2O2. The first kappa shape index (κ1) is 16.1. The van der Waals surface area contributed by atoms with E-state index in [1.165, 1.54) is 0 Å². The molecule has 2 rings (SSSR count). The molecule has 0 heterocycles. The number of hydrogen-bond acceptors (Lipinski definition) is 3. The molecule has 112 valence electrons. The van der Waals surface area contributed by atoms with Gasteiger partial charge in [0.25, 0.3) is 5.91 Å². The van der Waals surface area contributed by atoms with Crippen LogP contribution in [0.5, 0.6) is 5.75 Å². The summed E-state index contributed by atoms with van der Waals surface area (Å²) in [6.07, 6.45) is -0.642. The van der Waals surface area contributed by atoms with E-state index < -0.39 is 6.10 Å². The molecule has 2 aromatic rings. The summed E-state index contributed by atoms with van der Waals surface area (Å²) in [6, 6.07) is 14.3. The van der Waals surface area contributed by atoms with Gasteiger partial charge in [0.05, 0.1) is 11.6 Å². The molecule has 0 aliphatic rings. The Balaban J connectivity index is 1.99. The average Bonchev–Trinajstić information content (AvgIpc) is 2.51. The van der Waals surface area contributed by atoms with Gasteiger partial charge in [0.2, 0.25) is 0 Å². The Labute approximate surface area is 137 Å². The Hall–Kier alpha value is -2.32. The van der Waals surface area contributed by atoms with E-state index >= 15 is 0 Å². The van der Waals surface area contributed by atoms with E-state index in [-0.39, 0.29) is 5.91 Å². The van der Waals surface area contributed by atoms with Crippen LogP contribution in [0.1, 0.15) is 18.1 Å². The van der Waals surface area contributed by atoms with Crippen molar-refractivity contribution in [3.63, 3.8) is 0 Å². The number of nitrogens with one attached hydrogen (secondary N) is 1. The number of rotatable bonds is 4. The fourth-order valence-corrected chi connectivity index (χ4v) is 2.08. The maximum absolute atomic E-state index is 12.1. The highest BCUT2D eigenvalue weighted by Gasteiger charge is 2.15. The topological polar surface area (TPSA) is 62.1 Å². The fraction of sp³-hybridized carbons (Fsp3) is 0.176. The Kier molecular flexibility index (Phi) is 5.18. The van der Waals surface area contributed by atoms with Gasteiger partial charge in [0.1, 0.15) is 5.75 Å². The molecule has 0 spiro atoms. The first-order valence-electron chi connectivity index (χ1n) is 6.73. The monoisotopic (exact) mass is 358 g/mol. The smallest absolute Gasteiger partial charge is 0.265 e. The van der Waals surface area contributed by atoms with Gasteiger partial charge < -0.3 is 10.1 Å². The van der Waals surface area contributed by atoms with Crippen molar-refractivity contribution in [2.45, 2.75) is 20.0 Å². The normalized spacial score (nSPS) is 11.4. The van der Waals surface area contributed by atoms with Crippen LogP contribution >= 0.6 is 15.9 Å². The number of ether oxygens (including phenoxy) is 1.